The first kappa shape index (κ1) is 16.6. The van der Waals surface area contributed by atoms with Crippen molar-refractivity contribution < 1.29 is 4.79 Å². The van der Waals surface area contributed by atoms with Crippen molar-refractivity contribution in [1.29, 1.82) is 0 Å². The summed E-state index contributed by atoms with van der Waals surface area (Å²) in [6, 6.07) is 8.00. The molecule has 0 radical (unpaired) electrons. The Kier molecular flexibility index (Phi) is 5.80. The summed E-state index contributed by atoms with van der Waals surface area (Å²) in [5, 5.41) is 7.02. The van der Waals surface area contributed by atoms with Crippen molar-refractivity contribution in [3.8, 4) is 0 Å². The number of benzene rings is 1. The fourth-order valence-electron chi connectivity index (χ4n) is 2.77. The molecule has 2 N–H and O–H groups in total. The van der Waals surface area contributed by atoms with Gasteiger partial charge in [-0.1, -0.05) is 34.1 Å². The van der Waals surface area contributed by atoms with Gasteiger partial charge in [0.25, 0.3) is 0 Å². The zero-order chi connectivity index (χ0) is 16.1. The molecule has 1 amide bonds. The summed E-state index contributed by atoms with van der Waals surface area (Å²) < 4.78 is 1.05. The molecule has 1 aromatic carbocycles. The smallest absolute Gasteiger partial charge is 0.226 e. The lowest BCUT2D eigenvalue weighted by Gasteiger charge is -2.20. The molecule has 0 saturated carbocycles. The van der Waals surface area contributed by atoms with Crippen LogP contribution in [0.15, 0.2) is 34.9 Å². The number of nitrogens with zero attached hydrogens (tertiary/aromatic N) is 1. The number of nitrogens with one attached hydrogen (secondary N) is 2. The highest BCUT2D eigenvalue weighted by atomic mass is 79.9. The minimum atomic E-state index is 0.0203. The average Bonchev–Trinajstić information content (AvgIpc) is 3.03. The monoisotopic (exact) mass is 393 g/mol. The molecule has 0 bridgehead atoms. The second-order valence-corrected chi connectivity index (χ2v) is 7.65. The van der Waals surface area contributed by atoms with Crippen molar-refractivity contribution in [3.63, 3.8) is 0 Å². The molecule has 0 unspecified atom stereocenters. The summed E-state index contributed by atoms with van der Waals surface area (Å²) in [5.41, 5.74) is 1.15. The molecule has 0 atom stereocenters. The highest BCUT2D eigenvalue weighted by Gasteiger charge is 2.18. The van der Waals surface area contributed by atoms with Gasteiger partial charge in [-0.15, -0.1) is 11.3 Å². The van der Waals surface area contributed by atoms with Crippen LogP contribution in [0, 0.1) is 0 Å². The molecule has 2 aromatic rings. The van der Waals surface area contributed by atoms with E-state index in [0.29, 0.717) is 12.3 Å². The summed E-state index contributed by atoms with van der Waals surface area (Å²) in [5.74, 6) is 0.603. The molecule has 0 aliphatic carbocycles. The maximum Gasteiger partial charge on any atom is 0.226 e. The number of hydrogen-bond acceptors (Lipinski definition) is 4. The largest absolute Gasteiger partial charge is 0.317 e. The Hall–Kier alpha value is -1.24. The van der Waals surface area contributed by atoms with Crippen LogP contribution in [0.25, 0.3) is 0 Å². The lowest BCUT2D eigenvalue weighted by atomic mass is 9.97. The lowest BCUT2D eigenvalue weighted by molar-refractivity contribution is -0.116. The molecular formula is C17H20BrN3OS. The van der Waals surface area contributed by atoms with E-state index in [1.165, 1.54) is 4.88 Å². The Bertz CT molecular complexity index is 667. The number of amides is 1. The second kappa shape index (κ2) is 8.04. The summed E-state index contributed by atoms with van der Waals surface area (Å²) in [4.78, 5) is 17.8. The van der Waals surface area contributed by atoms with Gasteiger partial charge in [0.1, 0.15) is 0 Å². The van der Waals surface area contributed by atoms with Gasteiger partial charge < -0.3 is 10.6 Å². The third kappa shape index (κ3) is 4.62. The van der Waals surface area contributed by atoms with Gasteiger partial charge in [0, 0.05) is 22.0 Å². The highest BCUT2D eigenvalue weighted by Crippen LogP contribution is 2.31. The number of carbonyl (C=O) groups excluding carboxylic acids is 1. The van der Waals surface area contributed by atoms with Crippen LogP contribution in [0.1, 0.15) is 35.6 Å². The normalized spacial score (nSPS) is 15.5. The van der Waals surface area contributed by atoms with Crippen LogP contribution in [0.2, 0.25) is 0 Å². The van der Waals surface area contributed by atoms with Crippen molar-refractivity contribution in [1.82, 2.24) is 10.3 Å². The van der Waals surface area contributed by atoms with E-state index in [9.17, 15) is 4.79 Å². The molecule has 4 nitrogen and oxygen atoms in total. The van der Waals surface area contributed by atoms with Gasteiger partial charge in [-0.05, 0) is 49.9 Å². The van der Waals surface area contributed by atoms with Gasteiger partial charge in [-0.3, -0.25) is 4.79 Å². The molecule has 23 heavy (non-hydrogen) atoms. The first-order valence-electron chi connectivity index (χ1n) is 7.92. The minimum Gasteiger partial charge on any atom is -0.317 e. The zero-order valence-electron chi connectivity index (χ0n) is 12.8. The SMILES string of the molecule is O=C(CCc1ccccc1Br)Nc1ncc(C2CCNCC2)s1. The molecule has 1 saturated heterocycles. The summed E-state index contributed by atoms with van der Waals surface area (Å²) in [7, 11) is 0. The number of piperidine rings is 1. The van der Waals surface area contributed by atoms with E-state index in [2.05, 4.69) is 31.5 Å². The Balaban J connectivity index is 1.52. The van der Waals surface area contributed by atoms with Crippen LogP contribution in [0.3, 0.4) is 0 Å². The highest BCUT2D eigenvalue weighted by molar-refractivity contribution is 9.10. The fourth-order valence-corrected chi connectivity index (χ4v) is 4.26. The number of aryl methyl sites for hydroxylation is 1. The predicted octanol–water partition coefficient (Wildman–Crippen LogP) is 3.94. The van der Waals surface area contributed by atoms with Gasteiger partial charge in [0.15, 0.2) is 5.13 Å². The van der Waals surface area contributed by atoms with Crippen molar-refractivity contribution in [2.45, 2.75) is 31.6 Å². The number of halogens is 1. The molecule has 2 heterocycles. The number of hydrogen-bond donors (Lipinski definition) is 2. The Labute approximate surface area is 148 Å². The van der Waals surface area contributed by atoms with E-state index in [1.807, 2.05) is 30.5 Å². The molecule has 1 aliphatic rings. The van der Waals surface area contributed by atoms with Crippen molar-refractivity contribution in [3.05, 3.63) is 45.4 Å². The molecular weight excluding hydrogens is 374 g/mol. The van der Waals surface area contributed by atoms with E-state index in [1.54, 1.807) is 11.3 Å². The van der Waals surface area contributed by atoms with Crippen LogP contribution in [0.4, 0.5) is 5.13 Å². The number of aromatic nitrogens is 1. The molecule has 6 heteroatoms. The van der Waals surface area contributed by atoms with E-state index in [0.717, 1.165) is 47.5 Å². The third-order valence-corrected chi connectivity index (χ3v) is 5.94. The van der Waals surface area contributed by atoms with Gasteiger partial charge in [-0.25, -0.2) is 4.98 Å². The second-order valence-electron chi connectivity index (χ2n) is 5.73. The Morgan fingerprint density at radius 1 is 1.35 bits per heavy atom. The van der Waals surface area contributed by atoms with E-state index < -0.39 is 0 Å². The van der Waals surface area contributed by atoms with Crippen LogP contribution in [-0.4, -0.2) is 24.0 Å². The van der Waals surface area contributed by atoms with Crippen LogP contribution in [-0.2, 0) is 11.2 Å². The van der Waals surface area contributed by atoms with Crippen LogP contribution < -0.4 is 10.6 Å². The standard InChI is InChI=1S/C17H20BrN3OS/c18-14-4-2-1-3-12(14)5-6-16(22)21-17-20-11-15(23-17)13-7-9-19-10-8-13/h1-4,11,13,19H,5-10H2,(H,20,21,22). The number of thiazole rings is 1. The van der Waals surface area contributed by atoms with Crippen molar-refractivity contribution in [2.75, 3.05) is 18.4 Å². The minimum absolute atomic E-state index is 0.0203. The zero-order valence-corrected chi connectivity index (χ0v) is 15.3. The number of anilines is 1. The fraction of sp³-hybridized carbons (Fsp3) is 0.412. The number of carbonyl (C=O) groups is 1. The maximum atomic E-state index is 12.1. The summed E-state index contributed by atoms with van der Waals surface area (Å²) >= 11 is 5.13. The van der Waals surface area contributed by atoms with E-state index in [4.69, 9.17) is 0 Å². The lowest BCUT2D eigenvalue weighted by Crippen LogP contribution is -2.26. The van der Waals surface area contributed by atoms with Gasteiger partial charge in [0.05, 0.1) is 0 Å². The Morgan fingerprint density at radius 2 is 2.13 bits per heavy atom. The van der Waals surface area contributed by atoms with E-state index >= 15 is 0 Å². The van der Waals surface area contributed by atoms with Gasteiger partial charge >= 0.3 is 0 Å². The molecule has 1 fully saturated rings. The summed E-state index contributed by atoms with van der Waals surface area (Å²) in [6.45, 7) is 2.13. The molecule has 1 aliphatic heterocycles. The first-order valence-corrected chi connectivity index (χ1v) is 9.53. The molecule has 1 aromatic heterocycles. The topological polar surface area (TPSA) is 54.0 Å². The quantitative estimate of drug-likeness (QED) is 0.808. The first-order chi connectivity index (χ1) is 11.2. The summed E-state index contributed by atoms with van der Waals surface area (Å²) in [6.07, 6.45) is 5.41. The Morgan fingerprint density at radius 3 is 2.91 bits per heavy atom. The van der Waals surface area contributed by atoms with Crippen molar-refractivity contribution >= 4 is 38.3 Å². The van der Waals surface area contributed by atoms with Gasteiger partial charge in [0.2, 0.25) is 5.91 Å². The molecule has 122 valence electrons. The predicted molar refractivity (Wildman–Crippen MR) is 98.1 cm³/mol. The average molecular weight is 394 g/mol. The van der Waals surface area contributed by atoms with Crippen LogP contribution in [0.5, 0.6) is 0 Å². The van der Waals surface area contributed by atoms with Crippen molar-refractivity contribution in [2.24, 2.45) is 0 Å². The number of rotatable bonds is 5. The molecule has 3 rings (SSSR count). The van der Waals surface area contributed by atoms with Crippen LogP contribution >= 0.6 is 27.3 Å². The van der Waals surface area contributed by atoms with E-state index in [-0.39, 0.29) is 5.91 Å². The maximum absolute atomic E-state index is 12.1. The third-order valence-electron chi connectivity index (χ3n) is 4.09. The van der Waals surface area contributed by atoms with Gasteiger partial charge in [-0.2, -0.15) is 0 Å². The molecule has 0 spiro atoms.